The fraction of sp³-hybridized carbons (Fsp3) is 0.429. The highest BCUT2D eigenvalue weighted by Gasteiger charge is 2.29. The summed E-state index contributed by atoms with van der Waals surface area (Å²) in [4.78, 5) is 29.7. The number of aromatic nitrogens is 3. The summed E-state index contributed by atoms with van der Waals surface area (Å²) in [6.07, 6.45) is 1.33. The largest absolute Gasteiger partial charge is 0.441 e. The summed E-state index contributed by atoms with van der Waals surface area (Å²) >= 11 is 1.57. The van der Waals surface area contributed by atoms with Gasteiger partial charge in [-0.05, 0) is 19.9 Å². The first-order valence-electron chi connectivity index (χ1n) is 10.2. The van der Waals surface area contributed by atoms with E-state index in [0.717, 1.165) is 26.7 Å². The number of pyridine rings is 1. The number of anilines is 1. The van der Waals surface area contributed by atoms with Crippen LogP contribution in [0.5, 0.6) is 0 Å². The van der Waals surface area contributed by atoms with Gasteiger partial charge >= 0.3 is 6.09 Å². The van der Waals surface area contributed by atoms with Crippen LogP contribution in [0.25, 0.3) is 21.7 Å². The number of aryl methyl sites for hydroxylation is 2. The van der Waals surface area contributed by atoms with Crippen molar-refractivity contribution in [2.75, 3.05) is 44.3 Å². The Kier molecular flexibility index (Phi) is 5.00. The van der Waals surface area contributed by atoms with Crippen molar-refractivity contribution in [2.45, 2.75) is 20.0 Å². The fourth-order valence-electron chi connectivity index (χ4n) is 3.84. The van der Waals surface area contributed by atoms with Crippen molar-refractivity contribution in [3.8, 4) is 16.8 Å². The lowest BCUT2D eigenvalue weighted by Gasteiger charge is -2.37. The molecule has 0 saturated carbocycles. The highest BCUT2D eigenvalue weighted by molar-refractivity contribution is 7.15. The maximum atomic E-state index is 12.3. The Hall–Kier alpha value is -3.16. The fourth-order valence-corrected chi connectivity index (χ4v) is 4.76. The van der Waals surface area contributed by atoms with Gasteiger partial charge < -0.3 is 24.3 Å². The molecule has 0 aromatic carbocycles. The highest BCUT2D eigenvalue weighted by atomic mass is 32.1. The van der Waals surface area contributed by atoms with E-state index in [0.29, 0.717) is 56.3 Å². The molecule has 0 unspecified atom stereocenters. The van der Waals surface area contributed by atoms with Crippen LogP contribution in [0, 0.1) is 25.2 Å². The van der Waals surface area contributed by atoms with E-state index >= 15 is 0 Å². The third kappa shape index (κ3) is 3.49. The van der Waals surface area contributed by atoms with E-state index in [2.05, 4.69) is 25.9 Å². The Morgan fingerprint density at radius 3 is 2.71 bits per heavy atom. The molecule has 5 rings (SSSR count). The van der Waals surface area contributed by atoms with Crippen molar-refractivity contribution in [3.05, 3.63) is 28.4 Å². The monoisotopic (exact) mass is 438 g/mol. The summed E-state index contributed by atoms with van der Waals surface area (Å²) in [5.41, 5.74) is 3.84. The average Bonchev–Trinajstić information content (AvgIpc) is 3.30. The first-order valence-corrected chi connectivity index (χ1v) is 11.0. The number of H-pyrrole nitrogens is 1. The van der Waals surface area contributed by atoms with Crippen molar-refractivity contribution < 1.29 is 14.3 Å². The summed E-state index contributed by atoms with van der Waals surface area (Å²) in [5, 5.41) is 11.6. The zero-order chi connectivity index (χ0) is 21.5. The van der Waals surface area contributed by atoms with E-state index < -0.39 is 0 Å². The lowest BCUT2D eigenvalue weighted by atomic mass is 10.1. The molecule has 10 heteroatoms. The number of piperazine rings is 1. The zero-order valence-electron chi connectivity index (χ0n) is 17.3. The van der Waals surface area contributed by atoms with Crippen LogP contribution in [0.15, 0.2) is 12.3 Å². The second-order valence-electron chi connectivity index (χ2n) is 7.72. The van der Waals surface area contributed by atoms with E-state index in [9.17, 15) is 10.1 Å². The number of rotatable bonds is 3. The van der Waals surface area contributed by atoms with Crippen LogP contribution in [-0.2, 0) is 9.47 Å². The summed E-state index contributed by atoms with van der Waals surface area (Å²) in [7, 11) is 0. The van der Waals surface area contributed by atoms with Gasteiger partial charge in [-0.3, -0.25) is 0 Å². The van der Waals surface area contributed by atoms with Crippen molar-refractivity contribution >= 4 is 34.2 Å². The maximum Gasteiger partial charge on any atom is 0.410 e. The summed E-state index contributed by atoms with van der Waals surface area (Å²) in [6.45, 7) is 7.36. The van der Waals surface area contributed by atoms with E-state index in [4.69, 9.17) is 9.47 Å². The molecule has 31 heavy (non-hydrogen) atoms. The quantitative estimate of drug-likeness (QED) is 0.670. The molecule has 0 spiro atoms. The lowest BCUT2D eigenvalue weighted by Crippen LogP contribution is -2.51. The summed E-state index contributed by atoms with van der Waals surface area (Å²) < 4.78 is 10.5. The molecule has 0 aliphatic carbocycles. The van der Waals surface area contributed by atoms with Gasteiger partial charge in [0.25, 0.3) is 0 Å². The predicted molar refractivity (Wildman–Crippen MR) is 116 cm³/mol. The number of aromatic amines is 1. The number of carbonyl (C=O) groups excluding carboxylic acids is 1. The third-order valence-electron chi connectivity index (χ3n) is 5.78. The molecular weight excluding hydrogens is 416 g/mol. The number of nitrogens with zero attached hydrogens (tertiary/aromatic N) is 5. The van der Waals surface area contributed by atoms with Gasteiger partial charge in [0.05, 0.1) is 41.2 Å². The predicted octanol–water partition coefficient (Wildman–Crippen LogP) is 2.83. The Labute approximate surface area is 183 Å². The molecule has 0 bridgehead atoms. The number of nitrogens with one attached hydrogen (secondary N) is 1. The minimum absolute atomic E-state index is 0.125. The maximum absolute atomic E-state index is 12.3. The van der Waals surface area contributed by atoms with Crippen LogP contribution in [0.3, 0.4) is 0 Å². The molecule has 2 saturated heterocycles. The first-order chi connectivity index (χ1) is 15.0. The van der Waals surface area contributed by atoms with Crippen molar-refractivity contribution in [2.24, 2.45) is 0 Å². The lowest BCUT2D eigenvalue weighted by molar-refractivity contribution is -0.104. The van der Waals surface area contributed by atoms with Gasteiger partial charge in [0.1, 0.15) is 16.7 Å². The number of ether oxygens (including phenoxy) is 2. The molecule has 160 valence electrons. The first kappa shape index (κ1) is 19.8. The van der Waals surface area contributed by atoms with E-state index in [1.807, 2.05) is 19.9 Å². The van der Waals surface area contributed by atoms with Gasteiger partial charge in [-0.15, -0.1) is 11.3 Å². The Bertz CT molecular complexity index is 1160. The van der Waals surface area contributed by atoms with Crippen molar-refractivity contribution in [1.29, 1.82) is 5.26 Å². The standard InChI is InChI=1S/C21H22N6O3S/c1-12-13(2)31-20(24-12)18-15(9-22)17-16(3-4-23-19(17)25-18)26-5-7-27(8-6-26)21(28)30-14-10-29-11-14/h3-4,14H,5-8,10-11H2,1-2H3,(H,23,25). The highest BCUT2D eigenvalue weighted by Crippen LogP contribution is 2.37. The minimum Gasteiger partial charge on any atom is -0.441 e. The van der Waals surface area contributed by atoms with Crippen LogP contribution < -0.4 is 4.90 Å². The molecule has 5 heterocycles. The molecule has 0 atom stereocenters. The average molecular weight is 439 g/mol. The van der Waals surface area contributed by atoms with Gasteiger partial charge in [0.15, 0.2) is 6.10 Å². The van der Waals surface area contributed by atoms with Gasteiger partial charge in [-0.25, -0.2) is 14.8 Å². The van der Waals surface area contributed by atoms with Gasteiger partial charge in [0.2, 0.25) is 0 Å². The topological polar surface area (TPSA) is 107 Å². The van der Waals surface area contributed by atoms with Crippen LogP contribution in [0.4, 0.5) is 10.5 Å². The van der Waals surface area contributed by atoms with Crippen LogP contribution >= 0.6 is 11.3 Å². The molecule has 2 fully saturated rings. The molecule has 2 aliphatic heterocycles. The van der Waals surface area contributed by atoms with Crippen LogP contribution in [0.2, 0.25) is 0 Å². The molecule has 3 aromatic heterocycles. The minimum atomic E-state index is -0.288. The smallest absolute Gasteiger partial charge is 0.410 e. The number of thiazole rings is 1. The molecule has 3 aromatic rings. The molecule has 0 radical (unpaired) electrons. The second kappa shape index (κ2) is 7.83. The van der Waals surface area contributed by atoms with Gasteiger partial charge in [-0.1, -0.05) is 0 Å². The second-order valence-corrected chi connectivity index (χ2v) is 8.92. The van der Waals surface area contributed by atoms with Gasteiger partial charge in [-0.2, -0.15) is 5.26 Å². The van der Waals surface area contributed by atoms with E-state index in [-0.39, 0.29) is 12.2 Å². The normalized spacial score (nSPS) is 16.9. The van der Waals surface area contributed by atoms with E-state index in [1.165, 1.54) is 0 Å². The number of amides is 1. The van der Waals surface area contributed by atoms with Crippen LogP contribution in [0.1, 0.15) is 16.1 Å². The zero-order valence-corrected chi connectivity index (χ0v) is 18.2. The molecule has 1 N–H and O–H groups in total. The van der Waals surface area contributed by atoms with Crippen molar-refractivity contribution in [1.82, 2.24) is 19.9 Å². The number of fused-ring (bicyclic) bond motifs is 1. The number of hydrogen-bond donors (Lipinski definition) is 1. The SMILES string of the molecule is Cc1nc(-c2[nH]c3nccc(N4CCN(C(=O)OC5COC5)CC4)c3c2C#N)sc1C. The Balaban J connectivity index is 1.42. The molecule has 9 nitrogen and oxygen atoms in total. The Morgan fingerprint density at radius 1 is 1.32 bits per heavy atom. The third-order valence-corrected chi connectivity index (χ3v) is 6.87. The van der Waals surface area contributed by atoms with E-state index in [1.54, 1.807) is 22.4 Å². The van der Waals surface area contributed by atoms with Crippen LogP contribution in [-0.4, -0.2) is 71.4 Å². The molecular formula is C21H22N6O3S. The number of carbonyl (C=O) groups is 1. The summed E-state index contributed by atoms with van der Waals surface area (Å²) in [5.74, 6) is 0. The number of nitriles is 1. The summed E-state index contributed by atoms with van der Waals surface area (Å²) in [6, 6.07) is 4.29. The van der Waals surface area contributed by atoms with Gasteiger partial charge in [0, 0.05) is 37.3 Å². The van der Waals surface area contributed by atoms with Crippen molar-refractivity contribution in [3.63, 3.8) is 0 Å². The Morgan fingerprint density at radius 2 is 2.10 bits per heavy atom. The molecule has 2 aliphatic rings. The number of hydrogen-bond acceptors (Lipinski definition) is 8. The molecule has 1 amide bonds.